The van der Waals surface area contributed by atoms with E-state index in [1.807, 2.05) is 19.1 Å². The summed E-state index contributed by atoms with van der Waals surface area (Å²) in [5.41, 5.74) is 3.91. The predicted molar refractivity (Wildman–Crippen MR) is 123 cm³/mol. The molecular weight excluding hydrogens is 397 g/mol. The molecule has 0 N–H and O–H groups in total. The summed E-state index contributed by atoms with van der Waals surface area (Å²) in [5, 5.41) is 4.05. The fourth-order valence-corrected chi connectivity index (χ4v) is 4.12. The van der Waals surface area contributed by atoms with Crippen molar-refractivity contribution in [2.24, 2.45) is 5.16 Å². The molecule has 3 rings (SSSR count). The normalized spacial score (nSPS) is 14.5. The molecular formula is C23H32FN3O2Si. The Bertz CT molecular complexity index is 946. The van der Waals surface area contributed by atoms with Gasteiger partial charge in [0.15, 0.2) is 8.32 Å². The summed E-state index contributed by atoms with van der Waals surface area (Å²) in [6, 6.07) is 7.48. The standard InChI is InChI=1S/C23H32FN3O2Si/c1-16-11-18(12-25-22(16)27-13-19(14-27)26-28-5)20-10-8-9-17(21(20)24)15-29-30(6,7)23(2,3)4/h8-12H,13-15H2,1-7H3. The second-order valence-corrected chi connectivity index (χ2v) is 14.2. The molecule has 0 atom stereocenters. The van der Waals surface area contributed by atoms with Gasteiger partial charge in [-0.05, 0) is 36.7 Å². The molecule has 0 bridgehead atoms. The highest BCUT2D eigenvalue weighted by molar-refractivity contribution is 6.74. The van der Waals surface area contributed by atoms with E-state index in [9.17, 15) is 0 Å². The Balaban J connectivity index is 1.79. The predicted octanol–water partition coefficient (Wildman–Crippen LogP) is 5.54. The van der Waals surface area contributed by atoms with Gasteiger partial charge in [-0.15, -0.1) is 0 Å². The van der Waals surface area contributed by atoms with Crippen molar-refractivity contribution in [1.29, 1.82) is 0 Å². The second kappa shape index (κ2) is 8.47. The third kappa shape index (κ3) is 4.57. The van der Waals surface area contributed by atoms with Crippen molar-refractivity contribution in [1.82, 2.24) is 4.98 Å². The van der Waals surface area contributed by atoms with Crippen molar-refractivity contribution >= 4 is 19.8 Å². The summed E-state index contributed by atoms with van der Waals surface area (Å²) < 4.78 is 21.5. The molecule has 0 radical (unpaired) electrons. The van der Waals surface area contributed by atoms with E-state index in [1.54, 1.807) is 25.4 Å². The topological polar surface area (TPSA) is 47.0 Å². The maximum absolute atomic E-state index is 15.3. The average Bonchev–Trinajstić information content (AvgIpc) is 2.63. The summed E-state index contributed by atoms with van der Waals surface area (Å²) in [6.45, 7) is 14.6. The van der Waals surface area contributed by atoms with Crippen LogP contribution < -0.4 is 4.90 Å². The molecule has 1 aromatic carbocycles. The molecule has 0 unspecified atom stereocenters. The maximum atomic E-state index is 15.3. The van der Waals surface area contributed by atoms with Gasteiger partial charge in [0, 0.05) is 22.9 Å². The van der Waals surface area contributed by atoms with Gasteiger partial charge in [0.1, 0.15) is 18.7 Å². The van der Waals surface area contributed by atoms with Crippen LogP contribution in [0.25, 0.3) is 11.1 Å². The van der Waals surface area contributed by atoms with Crippen LogP contribution in [0.1, 0.15) is 31.9 Å². The Morgan fingerprint density at radius 1 is 1.23 bits per heavy atom. The SMILES string of the molecule is CON=C1CN(c2ncc(-c3cccc(CO[Si](C)(C)C(C)(C)C)c3F)cc2C)C1. The summed E-state index contributed by atoms with van der Waals surface area (Å²) >= 11 is 0. The third-order valence-electron chi connectivity index (χ3n) is 6.10. The quantitative estimate of drug-likeness (QED) is 0.447. The largest absolute Gasteiger partial charge is 0.412 e. The molecule has 1 saturated heterocycles. The zero-order valence-corrected chi connectivity index (χ0v) is 20.0. The monoisotopic (exact) mass is 429 g/mol. The van der Waals surface area contributed by atoms with Gasteiger partial charge in [-0.25, -0.2) is 9.37 Å². The zero-order chi connectivity index (χ0) is 22.1. The first-order valence-electron chi connectivity index (χ1n) is 10.3. The number of hydrogen-bond acceptors (Lipinski definition) is 5. The van der Waals surface area contributed by atoms with Crippen molar-refractivity contribution in [3.05, 3.63) is 47.4 Å². The number of aryl methyl sites for hydroxylation is 1. The molecule has 7 heteroatoms. The fraction of sp³-hybridized carbons (Fsp3) is 0.478. The minimum Gasteiger partial charge on any atom is -0.412 e. The molecule has 0 spiro atoms. The minimum atomic E-state index is -1.95. The zero-order valence-electron chi connectivity index (χ0n) is 19.0. The molecule has 5 nitrogen and oxygen atoms in total. The molecule has 0 amide bonds. The second-order valence-electron chi connectivity index (χ2n) is 9.39. The van der Waals surface area contributed by atoms with Crippen molar-refractivity contribution in [3.63, 3.8) is 0 Å². The van der Waals surface area contributed by atoms with Gasteiger partial charge in [-0.1, -0.05) is 44.1 Å². The molecule has 1 fully saturated rings. The number of halogens is 1. The van der Waals surface area contributed by atoms with Crippen LogP contribution in [0.2, 0.25) is 18.1 Å². The van der Waals surface area contributed by atoms with Gasteiger partial charge < -0.3 is 14.2 Å². The molecule has 2 heterocycles. The Labute approximate surface area is 180 Å². The van der Waals surface area contributed by atoms with Crippen molar-refractivity contribution in [3.8, 4) is 11.1 Å². The lowest BCUT2D eigenvalue weighted by Gasteiger charge is -2.36. The number of nitrogens with zero attached hydrogens (tertiary/aromatic N) is 3. The van der Waals surface area contributed by atoms with Gasteiger partial charge in [-0.3, -0.25) is 0 Å². The Morgan fingerprint density at radius 2 is 1.93 bits per heavy atom. The van der Waals surface area contributed by atoms with E-state index in [1.165, 1.54) is 0 Å². The number of benzene rings is 1. The van der Waals surface area contributed by atoms with Gasteiger partial charge in [0.2, 0.25) is 0 Å². The van der Waals surface area contributed by atoms with E-state index in [0.29, 0.717) is 24.2 Å². The Hall–Kier alpha value is -2.25. The number of rotatable bonds is 6. The van der Waals surface area contributed by atoms with Crippen molar-refractivity contribution in [2.75, 3.05) is 25.1 Å². The van der Waals surface area contributed by atoms with Crippen molar-refractivity contribution in [2.45, 2.75) is 52.4 Å². The molecule has 0 saturated carbocycles. The van der Waals surface area contributed by atoms with Gasteiger partial charge in [0.05, 0.1) is 25.4 Å². The van der Waals surface area contributed by atoms with Crippen LogP contribution in [0.4, 0.5) is 10.2 Å². The van der Waals surface area contributed by atoms with Gasteiger partial charge >= 0.3 is 0 Å². The van der Waals surface area contributed by atoms with Crippen LogP contribution in [0, 0.1) is 12.7 Å². The minimum absolute atomic E-state index is 0.0859. The summed E-state index contributed by atoms with van der Waals surface area (Å²) in [5.74, 6) is 0.662. The van der Waals surface area contributed by atoms with Crippen LogP contribution >= 0.6 is 0 Å². The smallest absolute Gasteiger partial charge is 0.192 e. The third-order valence-corrected chi connectivity index (χ3v) is 10.6. The molecule has 1 aromatic heterocycles. The fourth-order valence-electron chi connectivity index (χ4n) is 3.17. The summed E-state index contributed by atoms with van der Waals surface area (Å²) in [4.78, 5) is 11.5. The van der Waals surface area contributed by atoms with E-state index in [-0.39, 0.29) is 17.5 Å². The highest BCUT2D eigenvalue weighted by atomic mass is 28.4. The van der Waals surface area contributed by atoms with Crippen LogP contribution in [-0.2, 0) is 15.9 Å². The number of hydrogen-bond donors (Lipinski definition) is 0. The van der Waals surface area contributed by atoms with E-state index in [2.05, 4.69) is 48.9 Å². The molecule has 162 valence electrons. The molecule has 30 heavy (non-hydrogen) atoms. The first-order valence-corrected chi connectivity index (χ1v) is 13.2. The van der Waals surface area contributed by atoms with Gasteiger partial charge in [0.25, 0.3) is 0 Å². The lowest BCUT2D eigenvalue weighted by Crippen LogP contribution is -2.48. The number of aromatic nitrogens is 1. The number of oxime groups is 1. The first-order chi connectivity index (χ1) is 14.0. The highest BCUT2D eigenvalue weighted by Crippen LogP contribution is 2.37. The van der Waals surface area contributed by atoms with Crippen LogP contribution in [0.5, 0.6) is 0 Å². The summed E-state index contributed by atoms with van der Waals surface area (Å²) in [7, 11) is -0.399. The number of anilines is 1. The van der Waals surface area contributed by atoms with E-state index < -0.39 is 8.32 Å². The average molecular weight is 430 g/mol. The maximum Gasteiger partial charge on any atom is 0.192 e. The molecule has 0 aliphatic carbocycles. The van der Waals surface area contributed by atoms with E-state index >= 15 is 4.39 Å². The Kier molecular flexibility index (Phi) is 6.34. The molecule has 1 aliphatic rings. The highest BCUT2D eigenvalue weighted by Gasteiger charge is 2.37. The van der Waals surface area contributed by atoms with Crippen LogP contribution in [0.3, 0.4) is 0 Å². The van der Waals surface area contributed by atoms with Gasteiger partial charge in [-0.2, -0.15) is 0 Å². The Morgan fingerprint density at radius 3 is 2.53 bits per heavy atom. The van der Waals surface area contributed by atoms with Crippen molar-refractivity contribution < 1.29 is 13.7 Å². The lowest BCUT2D eigenvalue weighted by molar-refractivity contribution is 0.211. The number of pyridine rings is 1. The van der Waals surface area contributed by atoms with E-state index in [0.717, 1.165) is 22.7 Å². The summed E-state index contributed by atoms with van der Waals surface area (Å²) in [6.07, 6.45) is 1.74. The molecule has 1 aliphatic heterocycles. The first kappa shape index (κ1) is 22.4. The lowest BCUT2D eigenvalue weighted by atomic mass is 10.0. The van der Waals surface area contributed by atoms with E-state index in [4.69, 9.17) is 9.26 Å². The molecule has 2 aromatic rings. The van der Waals surface area contributed by atoms with Crippen LogP contribution in [0.15, 0.2) is 35.6 Å². The van der Waals surface area contributed by atoms with Crippen LogP contribution in [-0.4, -0.2) is 39.2 Å².